The quantitative estimate of drug-likeness (QED) is 0.904. The monoisotopic (exact) mass is 298 g/mol. The third kappa shape index (κ3) is 3.80. The first-order valence-corrected chi connectivity index (χ1v) is 7.77. The van der Waals surface area contributed by atoms with Gasteiger partial charge in [0.2, 0.25) is 0 Å². The number of hydrogen-bond acceptors (Lipinski definition) is 4. The average Bonchev–Trinajstić information content (AvgIpc) is 2.41. The lowest BCUT2D eigenvalue weighted by atomic mass is 10.0. The minimum atomic E-state index is 0.415. The van der Waals surface area contributed by atoms with E-state index in [9.17, 15) is 0 Å². The second-order valence-corrected chi connectivity index (χ2v) is 6.35. The Bertz CT molecular complexity index is 477. The summed E-state index contributed by atoms with van der Waals surface area (Å²) in [5, 5.41) is 4.94. The highest BCUT2D eigenvalue weighted by Gasteiger charge is 2.18. The van der Waals surface area contributed by atoms with Gasteiger partial charge in [0, 0.05) is 17.5 Å². The number of nitrogens with zero attached hydrogens (tertiary/aromatic N) is 1. The maximum absolute atomic E-state index is 6.02. The van der Waals surface area contributed by atoms with Crippen molar-refractivity contribution >= 4 is 34.2 Å². The predicted molar refractivity (Wildman–Crippen MR) is 84.8 cm³/mol. The second kappa shape index (κ2) is 6.53. The molecular formula is C14H19ClN2OS. The molecule has 0 aromatic heterocycles. The van der Waals surface area contributed by atoms with Crippen molar-refractivity contribution in [2.45, 2.75) is 26.3 Å². The molecule has 1 unspecified atom stereocenters. The van der Waals surface area contributed by atoms with Crippen molar-refractivity contribution in [3.05, 3.63) is 23.2 Å². The van der Waals surface area contributed by atoms with E-state index in [0.29, 0.717) is 22.7 Å². The first-order valence-electron chi connectivity index (χ1n) is 6.41. The van der Waals surface area contributed by atoms with Crippen molar-refractivity contribution < 1.29 is 4.74 Å². The van der Waals surface area contributed by atoms with E-state index in [4.69, 9.17) is 21.3 Å². The number of nitrogens with one attached hydrogen (secondary N) is 1. The van der Waals surface area contributed by atoms with Crippen LogP contribution in [0, 0.1) is 5.92 Å². The number of halogens is 1. The lowest BCUT2D eigenvalue weighted by Crippen LogP contribution is -2.23. The number of methoxy groups -OCH3 is 1. The van der Waals surface area contributed by atoms with Gasteiger partial charge in [-0.2, -0.15) is 0 Å². The van der Waals surface area contributed by atoms with Crippen molar-refractivity contribution in [3.63, 3.8) is 0 Å². The molecule has 0 spiro atoms. The van der Waals surface area contributed by atoms with E-state index in [-0.39, 0.29) is 0 Å². The minimum Gasteiger partial charge on any atom is -0.495 e. The molecule has 3 nitrogen and oxygen atoms in total. The number of ether oxygens (including phenoxy) is 1. The number of benzene rings is 1. The van der Waals surface area contributed by atoms with Crippen LogP contribution in [-0.4, -0.2) is 24.1 Å². The highest BCUT2D eigenvalue weighted by atomic mass is 35.5. The van der Waals surface area contributed by atoms with Crippen molar-refractivity contribution in [1.82, 2.24) is 0 Å². The molecule has 1 N–H and O–H groups in total. The molecular weight excluding hydrogens is 280 g/mol. The summed E-state index contributed by atoms with van der Waals surface area (Å²) in [5.41, 5.74) is 0.955. The zero-order chi connectivity index (χ0) is 13.8. The summed E-state index contributed by atoms with van der Waals surface area (Å²) < 4.78 is 5.22. The third-order valence-corrected chi connectivity index (χ3v) is 4.34. The average molecular weight is 299 g/mol. The molecule has 1 aromatic carbocycles. The maximum Gasteiger partial charge on any atom is 0.161 e. The molecule has 19 heavy (non-hydrogen) atoms. The highest BCUT2D eigenvalue weighted by Crippen LogP contribution is 2.29. The van der Waals surface area contributed by atoms with Crippen LogP contribution in [0.4, 0.5) is 5.69 Å². The molecule has 1 aliphatic heterocycles. The smallest absolute Gasteiger partial charge is 0.161 e. The molecule has 0 fully saturated rings. The second-order valence-electron chi connectivity index (χ2n) is 4.86. The van der Waals surface area contributed by atoms with Crippen LogP contribution in [0.5, 0.6) is 5.75 Å². The number of thioether (sulfide) groups is 1. The van der Waals surface area contributed by atoms with Gasteiger partial charge in [-0.3, -0.25) is 4.99 Å². The van der Waals surface area contributed by atoms with E-state index >= 15 is 0 Å². The molecule has 1 aromatic rings. The van der Waals surface area contributed by atoms with Gasteiger partial charge < -0.3 is 10.1 Å². The van der Waals surface area contributed by atoms with Crippen LogP contribution in [0.25, 0.3) is 0 Å². The third-order valence-electron chi connectivity index (χ3n) is 3.11. The van der Waals surface area contributed by atoms with Crippen molar-refractivity contribution in [3.8, 4) is 5.75 Å². The fraction of sp³-hybridized carbons (Fsp3) is 0.500. The molecule has 1 atom stereocenters. The van der Waals surface area contributed by atoms with E-state index in [1.807, 2.05) is 18.2 Å². The maximum atomic E-state index is 6.02. The largest absolute Gasteiger partial charge is 0.495 e. The Morgan fingerprint density at radius 3 is 2.95 bits per heavy atom. The Balaban J connectivity index is 2.12. The normalized spacial score (nSPS) is 19.2. The molecule has 104 valence electrons. The lowest BCUT2D eigenvalue weighted by Gasteiger charge is -2.23. The van der Waals surface area contributed by atoms with Gasteiger partial charge in [0.05, 0.1) is 18.2 Å². The van der Waals surface area contributed by atoms with Gasteiger partial charge in [0.1, 0.15) is 5.75 Å². The molecule has 2 rings (SSSR count). The van der Waals surface area contributed by atoms with Crippen LogP contribution < -0.4 is 10.1 Å². The van der Waals surface area contributed by atoms with Crippen molar-refractivity contribution in [2.24, 2.45) is 10.9 Å². The predicted octanol–water partition coefficient (Wildman–Crippen LogP) is 4.28. The molecule has 0 radical (unpaired) electrons. The van der Waals surface area contributed by atoms with E-state index in [2.05, 4.69) is 19.2 Å². The minimum absolute atomic E-state index is 0.415. The van der Waals surface area contributed by atoms with Gasteiger partial charge in [0.25, 0.3) is 0 Å². The van der Waals surface area contributed by atoms with Gasteiger partial charge >= 0.3 is 0 Å². The summed E-state index contributed by atoms with van der Waals surface area (Å²) >= 11 is 7.78. The number of anilines is 1. The molecule has 0 bridgehead atoms. The van der Waals surface area contributed by atoms with E-state index in [1.165, 1.54) is 0 Å². The standard InChI is InChI=1S/C14H19ClN2OS/c1-9(2)12-6-7-19-14(17-12)16-10-4-5-11(15)13(8-10)18-3/h4-5,8-9,12H,6-7H2,1-3H3,(H,16,17). The molecule has 0 aliphatic carbocycles. The molecule has 1 aliphatic rings. The summed E-state index contributed by atoms with van der Waals surface area (Å²) in [6, 6.07) is 6.08. The Kier molecular flexibility index (Phi) is 4.99. The Morgan fingerprint density at radius 1 is 1.47 bits per heavy atom. The Morgan fingerprint density at radius 2 is 2.26 bits per heavy atom. The Labute approximate surface area is 123 Å². The fourth-order valence-electron chi connectivity index (χ4n) is 1.94. The Hall–Kier alpha value is -0.870. The van der Waals surface area contributed by atoms with Crippen molar-refractivity contribution in [1.29, 1.82) is 0 Å². The first kappa shape index (κ1) is 14.5. The molecule has 1 heterocycles. The fourth-order valence-corrected chi connectivity index (χ4v) is 3.09. The number of aliphatic imine (C=N–C) groups is 1. The summed E-state index contributed by atoms with van der Waals surface area (Å²) in [7, 11) is 1.62. The molecule has 5 heteroatoms. The van der Waals surface area contributed by atoms with E-state index in [1.54, 1.807) is 18.9 Å². The summed E-state index contributed by atoms with van der Waals surface area (Å²) in [6.07, 6.45) is 1.15. The van der Waals surface area contributed by atoms with Crippen LogP contribution >= 0.6 is 23.4 Å². The zero-order valence-electron chi connectivity index (χ0n) is 11.4. The van der Waals surface area contributed by atoms with E-state index in [0.717, 1.165) is 23.0 Å². The first-order chi connectivity index (χ1) is 9.10. The van der Waals surface area contributed by atoms with Gasteiger partial charge in [-0.15, -0.1) is 0 Å². The zero-order valence-corrected chi connectivity index (χ0v) is 13.0. The molecule has 0 saturated heterocycles. The van der Waals surface area contributed by atoms with Crippen LogP contribution in [0.3, 0.4) is 0 Å². The highest BCUT2D eigenvalue weighted by molar-refractivity contribution is 8.14. The number of amidine groups is 1. The van der Waals surface area contributed by atoms with E-state index < -0.39 is 0 Å². The number of rotatable bonds is 3. The molecule has 0 saturated carbocycles. The SMILES string of the molecule is COc1cc(NC2=NC(C(C)C)CCS2)ccc1Cl. The van der Waals surface area contributed by atoms with Crippen LogP contribution in [0.2, 0.25) is 5.02 Å². The summed E-state index contributed by atoms with van der Waals surface area (Å²) in [6.45, 7) is 4.43. The lowest BCUT2D eigenvalue weighted by molar-refractivity contribution is 0.415. The summed E-state index contributed by atoms with van der Waals surface area (Å²) in [5.74, 6) is 2.37. The van der Waals surface area contributed by atoms with Crippen LogP contribution in [0.15, 0.2) is 23.2 Å². The van der Waals surface area contributed by atoms with Gasteiger partial charge in [-0.1, -0.05) is 37.2 Å². The topological polar surface area (TPSA) is 33.6 Å². The number of hydrogen-bond donors (Lipinski definition) is 1. The van der Waals surface area contributed by atoms with Crippen molar-refractivity contribution in [2.75, 3.05) is 18.2 Å². The summed E-state index contributed by atoms with van der Waals surface area (Å²) in [4.78, 5) is 4.75. The van der Waals surface area contributed by atoms with Gasteiger partial charge in [-0.05, 0) is 24.5 Å². The van der Waals surface area contributed by atoms with Gasteiger partial charge in [-0.25, -0.2) is 0 Å². The molecule has 0 amide bonds. The van der Waals surface area contributed by atoms with Crippen LogP contribution in [-0.2, 0) is 0 Å². The van der Waals surface area contributed by atoms with Gasteiger partial charge in [0.15, 0.2) is 5.17 Å². The van der Waals surface area contributed by atoms with Crippen LogP contribution in [0.1, 0.15) is 20.3 Å².